The van der Waals surface area contributed by atoms with Crippen molar-refractivity contribution in [3.63, 3.8) is 0 Å². The lowest BCUT2D eigenvalue weighted by Crippen LogP contribution is -2.27. The fourth-order valence-corrected chi connectivity index (χ4v) is 7.11. The molecule has 36 heavy (non-hydrogen) atoms. The van der Waals surface area contributed by atoms with Crippen LogP contribution >= 0.6 is 56.9 Å². The molecule has 2 amide bonds. The predicted octanol–water partition coefficient (Wildman–Crippen LogP) is 8.17. The lowest BCUT2D eigenvalue weighted by molar-refractivity contribution is -0.123. The molecule has 0 radical (unpaired) electrons. The van der Waals surface area contributed by atoms with E-state index in [2.05, 4.69) is 70.3 Å². The van der Waals surface area contributed by atoms with Gasteiger partial charge in [-0.1, -0.05) is 72.3 Å². The van der Waals surface area contributed by atoms with E-state index in [4.69, 9.17) is 4.74 Å². The zero-order chi connectivity index (χ0) is 25.2. The van der Waals surface area contributed by atoms with E-state index >= 15 is 0 Å². The number of nitrogens with zero attached hydrogens (tertiary/aromatic N) is 1. The van der Waals surface area contributed by atoms with E-state index in [1.807, 2.05) is 60.7 Å². The van der Waals surface area contributed by atoms with Crippen molar-refractivity contribution in [3.8, 4) is 5.75 Å². The van der Waals surface area contributed by atoms with Crippen LogP contribution in [0.15, 0.2) is 83.8 Å². The number of rotatable bonds is 6. The van der Waals surface area contributed by atoms with Crippen LogP contribution in [0.2, 0.25) is 0 Å². The quantitative estimate of drug-likeness (QED) is 0.149. The van der Waals surface area contributed by atoms with Crippen LogP contribution < -0.4 is 4.74 Å². The Morgan fingerprint density at radius 3 is 2.42 bits per heavy atom. The summed E-state index contributed by atoms with van der Waals surface area (Å²) in [4.78, 5) is 27.7. The van der Waals surface area contributed by atoms with Gasteiger partial charge in [0.25, 0.3) is 11.1 Å². The van der Waals surface area contributed by atoms with Gasteiger partial charge in [-0.3, -0.25) is 14.5 Å². The minimum Gasteiger partial charge on any atom is -0.487 e. The van der Waals surface area contributed by atoms with Gasteiger partial charge in [-0.2, -0.15) is 0 Å². The van der Waals surface area contributed by atoms with Gasteiger partial charge in [0, 0.05) is 0 Å². The molecular weight excluding hydrogens is 696 g/mol. The SMILES string of the molecule is Cc1cccc(COc2c(I)cc(/C=C3/SC(=O)N(Cc4cccc5ccccc45)C3=O)cc2I)c1. The van der Waals surface area contributed by atoms with Crippen LogP contribution in [0.25, 0.3) is 16.8 Å². The van der Waals surface area contributed by atoms with Crippen LogP contribution in [0, 0.1) is 14.1 Å². The van der Waals surface area contributed by atoms with Crippen LogP contribution in [0.4, 0.5) is 4.79 Å². The number of amides is 2. The highest BCUT2D eigenvalue weighted by molar-refractivity contribution is 14.1. The maximum atomic E-state index is 13.2. The average Bonchev–Trinajstić information content (AvgIpc) is 3.11. The first-order valence-electron chi connectivity index (χ1n) is 11.3. The second-order valence-electron chi connectivity index (χ2n) is 8.50. The van der Waals surface area contributed by atoms with Crippen molar-refractivity contribution in [1.82, 2.24) is 4.90 Å². The number of fused-ring (bicyclic) bond motifs is 1. The van der Waals surface area contributed by atoms with Crippen molar-refractivity contribution in [2.45, 2.75) is 20.1 Å². The number of ether oxygens (including phenoxy) is 1. The van der Waals surface area contributed by atoms with E-state index in [0.717, 1.165) is 52.1 Å². The maximum absolute atomic E-state index is 13.2. The van der Waals surface area contributed by atoms with E-state index in [1.54, 1.807) is 6.08 Å². The first kappa shape index (κ1) is 25.3. The summed E-state index contributed by atoms with van der Waals surface area (Å²) in [6.07, 6.45) is 1.79. The van der Waals surface area contributed by atoms with E-state index in [1.165, 1.54) is 10.5 Å². The highest BCUT2D eigenvalue weighted by atomic mass is 127. The van der Waals surface area contributed by atoms with E-state index < -0.39 is 0 Å². The topological polar surface area (TPSA) is 46.6 Å². The number of benzene rings is 4. The Labute approximate surface area is 241 Å². The lowest BCUT2D eigenvalue weighted by atomic mass is 10.0. The Hall–Kier alpha value is -2.37. The van der Waals surface area contributed by atoms with Gasteiger partial charge >= 0.3 is 0 Å². The molecule has 4 nitrogen and oxygen atoms in total. The number of hydrogen-bond acceptors (Lipinski definition) is 4. The van der Waals surface area contributed by atoms with Crippen LogP contribution in [-0.4, -0.2) is 16.0 Å². The van der Waals surface area contributed by atoms with Crippen molar-refractivity contribution in [3.05, 3.63) is 113 Å². The van der Waals surface area contributed by atoms with Gasteiger partial charge < -0.3 is 4.74 Å². The number of halogens is 2. The highest BCUT2D eigenvalue weighted by Gasteiger charge is 2.35. The molecule has 0 aromatic heterocycles. The summed E-state index contributed by atoms with van der Waals surface area (Å²) in [6, 6.07) is 26.2. The molecule has 180 valence electrons. The number of carbonyl (C=O) groups is 2. The zero-order valence-corrected chi connectivity index (χ0v) is 24.5. The molecule has 0 saturated carbocycles. The summed E-state index contributed by atoms with van der Waals surface area (Å²) >= 11 is 5.50. The Morgan fingerprint density at radius 1 is 0.917 bits per heavy atom. The van der Waals surface area contributed by atoms with Crippen molar-refractivity contribution < 1.29 is 14.3 Å². The zero-order valence-electron chi connectivity index (χ0n) is 19.3. The minimum atomic E-state index is -0.261. The minimum absolute atomic E-state index is 0.248. The fraction of sp³-hybridized carbons (Fsp3) is 0.103. The molecule has 4 aromatic rings. The van der Waals surface area contributed by atoms with Crippen molar-refractivity contribution in [2.75, 3.05) is 0 Å². The van der Waals surface area contributed by atoms with Gasteiger partial charge in [0.05, 0.1) is 18.6 Å². The summed E-state index contributed by atoms with van der Waals surface area (Å²) in [5, 5.41) is 1.89. The number of aryl methyl sites for hydroxylation is 1. The van der Waals surface area contributed by atoms with Crippen molar-refractivity contribution >= 4 is 84.9 Å². The standard InChI is InChI=1S/C29H21I2NO3S/c1-18-6-4-7-19(12-18)17-35-27-24(30)13-20(14-25(27)31)15-26-28(33)32(29(34)36-26)16-22-10-5-9-21-8-2-3-11-23(21)22/h2-15H,16-17H2,1H3/b26-15+. The van der Waals surface area contributed by atoms with Crippen LogP contribution in [0.3, 0.4) is 0 Å². The maximum Gasteiger partial charge on any atom is 0.293 e. The molecule has 0 aliphatic carbocycles. The van der Waals surface area contributed by atoms with Crippen LogP contribution in [0.1, 0.15) is 22.3 Å². The van der Waals surface area contributed by atoms with E-state index in [-0.39, 0.29) is 17.7 Å². The molecule has 1 fully saturated rings. The van der Waals surface area contributed by atoms with E-state index in [9.17, 15) is 9.59 Å². The molecule has 1 saturated heterocycles. The van der Waals surface area contributed by atoms with Gasteiger partial charge in [-0.25, -0.2) is 0 Å². The molecule has 1 aliphatic rings. The highest BCUT2D eigenvalue weighted by Crippen LogP contribution is 2.36. The third kappa shape index (κ3) is 5.47. The summed E-state index contributed by atoms with van der Waals surface area (Å²) in [7, 11) is 0. The summed E-state index contributed by atoms with van der Waals surface area (Å²) in [5.41, 5.74) is 4.13. The summed E-state index contributed by atoms with van der Waals surface area (Å²) in [5.74, 6) is 0.557. The second kappa shape index (κ2) is 10.9. The molecule has 0 unspecified atom stereocenters. The normalized spacial score (nSPS) is 14.8. The van der Waals surface area contributed by atoms with Gasteiger partial charge in [-0.15, -0.1) is 0 Å². The third-order valence-corrected chi connectivity index (χ3v) is 8.38. The molecule has 1 heterocycles. The van der Waals surface area contributed by atoms with E-state index in [0.29, 0.717) is 11.5 Å². The molecule has 0 N–H and O–H groups in total. The lowest BCUT2D eigenvalue weighted by Gasteiger charge is -2.14. The number of hydrogen-bond donors (Lipinski definition) is 0. The van der Waals surface area contributed by atoms with Gasteiger partial charge in [-0.05, 0) is 110 Å². The van der Waals surface area contributed by atoms with Crippen LogP contribution in [-0.2, 0) is 17.9 Å². The summed E-state index contributed by atoms with van der Waals surface area (Å²) < 4.78 is 8.02. The first-order valence-corrected chi connectivity index (χ1v) is 14.3. The Kier molecular flexibility index (Phi) is 7.68. The molecule has 0 spiro atoms. The first-order chi connectivity index (χ1) is 17.4. The molecular formula is C29H21I2NO3S. The Morgan fingerprint density at radius 2 is 1.64 bits per heavy atom. The number of thioether (sulfide) groups is 1. The summed E-state index contributed by atoms with van der Waals surface area (Å²) in [6.45, 7) is 2.81. The van der Waals surface area contributed by atoms with Gasteiger partial charge in [0.15, 0.2) is 0 Å². The molecule has 0 atom stereocenters. The third-order valence-electron chi connectivity index (χ3n) is 5.87. The second-order valence-corrected chi connectivity index (χ2v) is 11.8. The van der Waals surface area contributed by atoms with Gasteiger partial charge in [0.1, 0.15) is 12.4 Å². The van der Waals surface area contributed by atoms with Crippen molar-refractivity contribution in [2.24, 2.45) is 0 Å². The Balaban J connectivity index is 1.34. The fourth-order valence-electron chi connectivity index (χ4n) is 4.15. The van der Waals surface area contributed by atoms with Crippen LogP contribution in [0.5, 0.6) is 5.75 Å². The molecule has 5 rings (SSSR count). The molecule has 0 bridgehead atoms. The monoisotopic (exact) mass is 717 g/mol. The smallest absolute Gasteiger partial charge is 0.293 e. The molecule has 1 aliphatic heterocycles. The predicted molar refractivity (Wildman–Crippen MR) is 163 cm³/mol. The molecule has 7 heteroatoms. The largest absolute Gasteiger partial charge is 0.487 e. The van der Waals surface area contributed by atoms with Crippen molar-refractivity contribution in [1.29, 1.82) is 0 Å². The molecule has 4 aromatic carbocycles. The average molecular weight is 717 g/mol. The number of imide groups is 1. The number of carbonyl (C=O) groups excluding carboxylic acids is 2. The van der Waals surface area contributed by atoms with Gasteiger partial charge in [0.2, 0.25) is 0 Å². The Bertz CT molecular complexity index is 1500.